The molecule has 0 aliphatic carbocycles. The fraction of sp³-hybridized carbons (Fsp3) is 0.286. The smallest absolute Gasteiger partial charge is 0.217 e. The van der Waals surface area contributed by atoms with Crippen molar-refractivity contribution in [2.75, 3.05) is 14.2 Å². The van der Waals surface area contributed by atoms with Crippen LogP contribution in [0.4, 0.5) is 0 Å². The van der Waals surface area contributed by atoms with Gasteiger partial charge in [0.2, 0.25) is 5.91 Å². The topological polar surface area (TPSA) is 87.6 Å². The summed E-state index contributed by atoms with van der Waals surface area (Å²) in [4.78, 5) is 14.9. The zero-order valence-electron chi connectivity index (χ0n) is 11.4. The van der Waals surface area contributed by atoms with E-state index in [-0.39, 0.29) is 12.3 Å². The van der Waals surface area contributed by atoms with Crippen molar-refractivity contribution in [3.63, 3.8) is 0 Å². The lowest BCUT2D eigenvalue weighted by atomic mass is 10.1. The van der Waals surface area contributed by atoms with Gasteiger partial charge in [-0.3, -0.25) is 4.79 Å². The number of methoxy groups -OCH3 is 2. The largest absolute Gasteiger partial charge is 0.497 e. The molecule has 1 heterocycles. The van der Waals surface area contributed by atoms with E-state index in [1.165, 1.54) is 0 Å². The lowest BCUT2D eigenvalue weighted by molar-refractivity contribution is -0.118. The number of rotatable bonds is 6. The minimum absolute atomic E-state index is 0.208. The molecule has 2 aromatic rings. The van der Waals surface area contributed by atoms with Crippen molar-refractivity contribution < 1.29 is 18.7 Å². The molecule has 0 spiro atoms. The molecule has 2 rings (SSSR count). The Morgan fingerprint density at radius 2 is 2.15 bits per heavy atom. The Kier molecular flexibility index (Phi) is 4.24. The first-order valence-electron chi connectivity index (χ1n) is 6.09. The Balaban J connectivity index is 2.25. The number of carbonyl (C=O) groups excluding carboxylic acids is 1. The molecule has 0 aliphatic rings. The predicted octanol–water partition coefficient (Wildman–Crippen LogP) is 1.78. The van der Waals surface area contributed by atoms with E-state index in [2.05, 4.69) is 4.98 Å². The fourth-order valence-electron chi connectivity index (χ4n) is 1.78. The molecule has 20 heavy (non-hydrogen) atoms. The number of nitrogens with two attached hydrogens (primary N) is 1. The number of hydrogen-bond acceptors (Lipinski definition) is 5. The molecule has 106 valence electrons. The van der Waals surface area contributed by atoms with E-state index in [1.54, 1.807) is 26.5 Å². The van der Waals surface area contributed by atoms with E-state index >= 15 is 0 Å². The fourth-order valence-corrected chi connectivity index (χ4v) is 1.78. The van der Waals surface area contributed by atoms with Crippen molar-refractivity contribution in [2.45, 2.75) is 12.8 Å². The molecular weight excluding hydrogens is 260 g/mol. The molecule has 0 unspecified atom stereocenters. The summed E-state index contributed by atoms with van der Waals surface area (Å²) < 4.78 is 16.0. The quantitative estimate of drug-likeness (QED) is 0.868. The Hall–Kier alpha value is -2.50. The number of benzene rings is 1. The highest BCUT2D eigenvalue weighted by molar-refractivity contribution is 5.73. The van der Waals surface area contributed by atoms with Crippen LogP contribution < -0.4 is 15.2 Å². The molecule has 1 aromatic heterocycles. The van der Waals surface area contributed by atoms with Crippen LogP contribution in [0.1, 0.15) is 12.3 Å². The number of nitrogens with zero attached hydrogens (tertiary/aromatic N) is 1. The summed E-state index contributed by atoms with van der Waals surface area (Å²) in [5, 5.41) is 0. The number of aryl methyl sites for hydroxylation is 1. The molecule has 0 saturated carbocycles. The lowest BCUT2D eigenvalue weighted by Crippen LogP contribution is -2.11. The summed E-state index contributed by atoms with van der Waals surface area (Å²) >= 11 is 0. The highest BCUT2D eigenvalue weighted by Crippen LogP contribution is 2.33. The maximum Gasteiger partial charge on any atom is 0.217 e. The number of primary amides is 1. The standard InChI is InChI=1S/C14H16N2O4/c1-18-9-3-4-10(11(7-9)19-2)12-8-16-14(20-12)6-5-13(15)17/h3-4,7-8H,5-6H2,1-2H3,(H2,15,17). The van der Waals surface area contributed by atoms with Crippen LogP contribution >= 0.6 is 0 Å². The Morgan fingerprint density at radius 3 is 2.80 bits per heavy atom. The molecule has 1 amide bonds. The minimum Gasteiger partial charge on any atom is -0.497 e. The summed E-state index contributed by atoms with van der Waals surface area (Å²) in [5.74, 6) is 1.98. The maximum atomic E-state index is 10.7. The van der Waals surface area contributed by atoms with Gasteiger partial charge in [0, 0.05) is 18.9 Å². The Bertz CT molecular complexity index is 607. The van der Waals surface area contributed by atoms with Crippen molar-refractivity contribution in [3.05, 3.63) is 30.3 Å². The van der Waals surface area contributed by atoms with E-state index in [1.807, 2.05) is 12.1 Å². The third-order valence-electron chi connectivity index (χ3n) is 2.81. The Morgan fingerprint density at radius 1 is 1.35 bits per heavy atom. The van der Waals surface area contributed by atoms with Gasteiger partial charge in [-0.25, -0.2) is 4.98 Å². The van der Waals surface area contributed by atoms with Crippen molar-refractivity contribution >= 4 is 5.91 Å². The summed E-state index contributed by atoms with van der Waals surface area (Å²) in [6.07, 6.45) is 2.19. The van der Waals surface area contributed by atoms with E-state index in [4.69, 9.17) is 19.6 Å². The van der Waals surface area contributed by atoms with Crippen molar-refractivity contribution in [2.24, 2.45) is 5.73 Å². The highest BCUT2D eigenvalue weighted by atomic mass is 16.5. The molecule has 0 radical (unpaired) electrons. The van der Waals surface area contributed by atoms with Crippen molar-refractivity contribution in [1.82, 2.24) is 4.98 Å². The van der Waals surface area contributed by atoms with Gasteiger partial charge in [-0.2, -0.15) is 0 Å². The highest BCUT2D eigenvalue weighted by Gasteiger charge is 2.13. The normalized spacial score (nSPS) is 10.3. The molecule has 0 fully saturated rings. The number of hydrogen-bond donors (Lipinski definition) is 1. The van der Waals surface area contributed by atoms with Crippen LogP contribution in [0.25, 0.3) is 11.3 Å². The van der Waals surface area contributed by atoms with Crippen LogP contribution in [0.3, 0.4) is 0 Å². The summed E-state index contributed by atoms with van der Waals surface area (Å²) in [6.45, 7) is 0. The van der Waals surface area contributed by atoms with Crippen LogP contribution in [-0.4, -0.2) is 25.1 Å². The first-order chi connectivity index (χ1) is 9.63. The van der Waals surface area contributed by atoms with Crippen LogP contribution in [-0.2, 0) is 11.2 Å². The number of amides is 1. The number of ether oxygens (including phenoxy) is 2. The lowest BCUT2D eigenvalue weighted by Gasteiger charge is -2.07. The molecule has 1 aromatic carbocycles. The molecule has 0 saturated heterocycles. The molecule has 6 heteroatoms. The first-order valence-corrected chi connectivity index (χ1v) is 6.09. The SMILES string of the molecule is COc1ccc(-c2cnc(CCC(N)=O)o2)c(OC)c1. The molecule has 0 aliphatic heterocycles. The zero-order valence-corrected chi connectivity index (χ0v) is 11.4. The summed E-state index contributed by atoms with van der Waals surface area (Å²) in [6, 6.07) is 5.40. The van der Waals surface area contributed by atoms with Gasteiger partial charge in [0.15, 0.2) is 11.7 Å². The van der Waals surface area contributed by atoms with Gasteiger partial charge < -0.3 is 19.6 Å². The third kappa shape index (κ3) is 3.09. The van der Waals surface area contributed by atoms with E-state index in [9.17, 15) is 4.79 Å². The monoisotopic (exact) mass is 276 g/mol. The zero-order chi connectivity index (χ0) is 14.5. The average molecular weight is 276 g/mol. The minimum atomic E-state index is -0.383. The van der Waals surface area contributed by atoms with Crippen LogP contribution in [0.5, 0.6) is 11.5 Å². The number of aromatic nitrogens is 1. The van der Waals surface area contributed by atoms with Crippen LogP contribution in [0.2, 0.25) is 0 Å². The molecule has 2 N–H and O–H groups in total. The third-order valence-corrected chi connectivity index (χ3v) is 2.81. The first kappa shape index (κ1) is 13.9. The summed E-state index contributed by atoms with van der Waals surface area (Å²) in [5.41, 5.74) is 5.86. The second-order valence-corrected chi connectivity index (χ2v) is 4.15. The van der Waals surface area contributed by atoms with Gasteiger partial charge in [0.1, 0.15) is 11.5 Å². The van der Waals surface area contributed by atoms with Crippen LogP contribution in [0.15, 0.2) is 28.8 Å². The molecule has 0 bridgehead atoms. The van der Waals surface area contributed by atoms with Crippen molar-refractivity contribution in [3.8, 4) is 22.8 Å². The van der Waals surface area contributed by atoms with E-state index in [0.717, 1.165) is 5.56 Å². The van der Waals surface area contributed by atoms with E-state index < -0.39 is 0 Å². The molecule has 6 nitrogen and oxygen atoms in total. The number of carbonyl (C=O) groups is 1. The van der Waals surface area contributed by atoms with E-state index in [0.29, 0.717) is 29.6 Å². The van der Waals surface area contributed by atoms with Gasteiger partial charge in [0.05, 0.1) is 26.0 Å². The van der Waals surface area contributed by atoms with Crippen LogP contribution in [0, 0.1) is 0 Å². The molecule has 0 atom stereocenters. The second kappa shape index (κ2) is 6.10. The van der Waals surface area contributed by atoms with Gasteiger partial charge in [-0.15, -0.1) is 0 Å². The van der Waals surface area contributed by atoms with Gasteiger partial charge in [0.25, 0.3) is 0 Å². The molecular formula is C14H16N2O4. The van der Waals surface area contributed by atoms with Gasteiger partial charge in [-0.1, -0.05) is 0 Å². The number of oxazole rings is 1. The van der Waals surface area contributed by atoms with Gasteiger partial charge >= 0.3 is 0 Å². The maximum absolute atomic E-state index is 10.7. The average Bonchev–Trinajstić information content (AvgIpc) is 2.93. The summed E-state index contributed by atoms with van der Waals surface area (Å²) in [7, 11) is 3.16. The van der Waals surface area contributed by atoms with Crippen molar-refractivity contribution in [1.29, 1.82) is 0 Å². The second-order valence-electron chi connectivity index (χ2n) is 4.15. The Labute approximate surface area is 116 Å². The predicted molar refractivity (Wildman–Crippen MR) is 72.6 cm³/mol. The van der Waals surface area contributed by atoms with Gasteiger partial charge in [-0.05, 0) is 12.1 Å².